The maximum atomic E-state index is 14.3. The third kappa shape index (κ3) is 5.05. The molecule has 3 aromatic rings. The average molecular weight is 458 g/mol. The van der Waals surface area contributed by atoms with E-state index < -0.39 is 34.6 Å². The van der Waals surface area contributed by atoms with E-state index in [9.17, 15) is 30.8 Å². The lowest BCUT2D eigenvalue weighted by molar-refractivity contribution is -0.199. The van der Waals surface area contributed by atoms with Gasteiger partial charge in [-0.1, -0.05) is 18.2 Å². The number of alkyl halides is 3. The van der Waals surface area contributed by atoms with E-state index in [1.165, 1.54) is 35.4 Å². The van der Waals surface area contributed by atoms with Crippen LogP contribution < -0.4 is 0 Å². The van der Waals surface area contributed by atoms with Crippen molar-refractivity contribution >= 4 is 26.9 Å². The highest BCUT2D eigenvalue weighted by Gasteiger charge is 2.40. The van der Waals surface area contributed by atoms with Crippen LogP contribution in [0.2, 0.25) is 0 Å². The molecule has 31 heavy (non-hydrogen) atoms. The Bertz CT molecular complexity index is 1190. The van der Waals surface area contributed by atoms with Crippen LogP contribution in [-0.4, -0.2) is 49.6 Å². The Balaban J connectivity index is 1.83. The fraction of sp³-hybridized carbons (Fsp3) is 0.250. The highest BCUT2D eigenvalue weighted by Crippen LogP contribution is 2.27. The predicted molar refractivity (Wildman–Crippen MR) is 104 cm³/mol. The third-order valence-corrected chi connectivity index (χ3v) is 6.20. The molecule has 0 saturated heterocycles. The number of hydrogen-bond acceptors (Lipinski definition) is 5. The minimum atomic E-state index is -5.07. The van der Waals surface area contributed by atoms with Gasteiger partial charge in [-0.2, -0.15) is 13.2 Å². The molecular formula is C20H18F4N2O4S. The maximum absolute atomic E-state index is 14.3. The Labute approximate surface area is 175 Å². The van der Waals surface area contributed by atoms with Crippen molar-refractivity contribution in [2.75, 3.05) is 20.2 Å². The van der Waals surface area contributed by atoms with Gasteiger partial charge in [0.1, 0.15) is 12.4 Å². The molecule has 0 N–H and O–H groups in total. The fourth-order valence-corrected chi connectivity index (χ4v) is 4.41. The number of carbonyl (C=O) groups is 1. The van der Waals surface area contributed by atoms with Crippen molar-refractivity contribution in [2.24, 2.45) is 0 Å². The summed E-state index contributed by atoms with van der Waals surface area (Å²) in [6.07, 6.45) is -3.75. The summed E-state index contributed by atoms with van der Waals surface area (Å²) in [5.41, 5.74) is 0.567. The van der Waals surface area contributed by atoms with Gasteiger partial charge in [0.25, 0.3) is 10.0 Å². The van der Waals surface area contributed by atoms with Gasteiger partial charge in [0.2, 0.25) is 0 Å². The van der Waals surface area contributed by atoms with Crippen LogP contribution >= 0.6 is 0 Å². The number of rotatable bonds is 7. The standard InChI is InChI=1S/C20H18F4N2O4S/c1-25(9-10-30-19(27)20(22,23)24)13-14-11-15(21)12-18-17(14)7-8-26(18)31(28,29)16-5-3-2-4-6-16/h2-8,11-12H,9-10,13H2,1H3. The number of esters is 1. The quantitative estimate of drug-likeness (QED) is 0.400. The van der Waals surface area contributed by atoms with Gasteiger partial charge in [-0.05, 0) is 42.9 Å². The first-order valence-electron chi connectivity index (χ1n) is 9.03. The second-order valence-corrected chi connectivity index (χ2v) is 8.61. The molecule has 0 bridgehead atoms. The van der Waals surface area contributed by atoms with E-state index in [2.05, 4.69) is 4.74 Å². The van der Waals surface area contributed by atoms with E-state index in [1.54, 1.807) is 25.2 Å². The topological polar surface area (TPSA) is 68.6 Å². The molecule has 0 aliphatic heterocycles. The third-order valence-electron chi connectivity index (χ3n) is 4.50. The van der Waals surface area contributed by atoms with Crippen molar-refractivity contribution in [3.05, 3.63) is 66.1 Å². The van der Waals surface area contributed by atoms with E-state index in [0.717, 1.165) is 10.0 Å². The number of fused-ring (bicyclic) bond motifs is 1. The van der Waals surface area contributed by atoms with Crippen LogP contribution in [0.5, 0.6) is 0 Å². The van der Waals surface area contributed by atoms with Crippen LogP contribution in [0.3, 0.4) is 0 Å². The number of nitrogens with zero attached hydrogens (tertiary/aromatic N) is 2. The van der Waals surface area contributed by atoms with Gasteiger partial charge in [0, 0.05) is 24.7 Å². The Morgan fingerprint density at radius 3 is 2.45 bits per heavy atom. The minimum absolute atomic E-state index is 0.0388. The number of ether oxygens (including phenoxy) is 1. The van der Waals surface area contributed by atoms with Gasteiger partial charge in [0.05, 0.1) is 10.4 Å². The summed E-state index contributed by atoms with van der Waals surface area (Å²) in [6.45, 7) is -0.452. The molecule has 0 radical (unpaired) electrons. The number of hydrogen-bond donors (Lipinski definition) is 0. The number of halogens is 4. The SMILES string of the molecule is CN(CCOC(=O)C(F)(F)F)Cc1cc(F)cc2c1ccn2S(=O)(=O)c1ccccc1. The van der Waals surface area contributed by atoms with Crippen LogP contribution in [0.1, 0.15) is 5.56 Å². The van der Waals surface area contributed by atoms with Crippen molar-refractivity contribution in [1.82, 2.24) is 8.87 Å². The average Bonchev–Trinajstić information content (AvgIpc) is 3.12. The first kappa shape index (κ1) is 22.8. The number of aromatic nitrogens is 1. The van der Waals surface area contributed by atoms with Gasteiger partial charge >= 0.3 is 12.1 Å². The zero-order chi connectivity index (χ0) is 22.8. The van der Waals surface area contributed by atoms with Crippen molar-refractivity contribution in [3.8, 4) is 0 Å². The molecule has 1 aromatic heterocycles. The summed E-state index contributed by atoms with van der Waals surface area (Å²) in [4.78, 5) is 12.3. The Morgan fingerprint density at radius 2 is 1.81 bits per heavy atom. The highest BCUT2D eigenvalue weighted by molar-refractivity contribution is 7.90. The lowest BCUT2D eigenvalue weighted by Gasteiger charge is -2.18. The summed E-state index contributed by atoms with van der Waals surface area (Å²) >= 11 is 0. The molecule has 11 heteroatoms. The van der Waals surface area contributed by atoms with E-state index in [1.807, 2.05) is 0 Å². The monoisotopic (exact) mass is 458 g/mol. The fourth-order valence-electron chi connectivity index (χ4n) is 3.05. The summed E-state index contributed by atoms with van der Waals surface area (Å²) in [5.74, 6) is -2.94. The molecule has 2 aromatic carbocycles. The summed E-state index contributed by atoms with van der Waals surface area (Å²) < 4.78 is 81.8. The molecule has 1 heterocycles. The van der Waals surface area contributed by atoms with E-state index in [-0.39, 0.29) is 23.5 Å². The van der Waals surface area contributed by atoms with E-state index in [4.69, 9.17) is 0 Å². The Morgan fingerprint density at radius 1 is 1.13 bits per heavy atom. The van der Waals surface area contributed by atoms with Crippen LogP contribution in [0, 0.1) is 5.82 Å². The molecule has 6 nitrogen and oxygen atoms in total. The number of carbonyl (C=O) groups excluding carboxylic acids is 1. The first-order valence-corrected chi connectivity index (χ1v) is 10.5. The van der Waals surface area contributed by atoms with Crippen molar-refractivity contribution < 1.29 is 35.5 Å². The lowest BCUT2D eigenvalue weighted by Crippen LogP contribution is -2.29. The molecule has 0 spiro atoms. The molecule has 3 rings (SSSR count). The molecule has 0 saturated carbocycles. The molecule has 0 amide bonds. The second kappa shape index (κ2) is 8.67. The zero-order valence-corrected chi connectivity index (χ0v) is 17.1. The second-order valence-electron chi connectivity index (χ2n) is 6.80. The highest BCUT2D eigenvalue weighted by atomic mass is 32.2. The zero-order valence-electron chi connectivity index (χ0n) is 16.3. The number of likely N-dealkylation sites (N-methyl/N-ethyl adjacent to an activating group) is 1. The summed E-state index contributed by atoms with van der Waals surface area (Å²) in [6, 6.07) is 11.5. The van der Waals surface area contributed by atoms with Crippen molar-refractivity contribution in [2.45, 2.75) is 17.6 Å². The Kier molecular flexibility index (Phi) is 6.37. The predicted octanol–water partition coefficient (Wildman–Crippen LogP) is 3.55. The number of benzene rings is 2. The molecule has 0 aliphatic carbocycles. The van der Waals surface area contributed by atoms with Crippen LogP contribution in [0.15, 0.2) is 59.6 Å². The normalized spacial score (nSPS) is 12.5. The maximum Gasteiger partial charge on any atom is 0.490 e. The van der Waals surface area contributed by atoms with Gasteiger partial charge in [-0.25, -0.2) is 21.6 Å². The first-order chi connectivity index (χ1) is 14.5. The van der Waals surface area contributed by atoms with E-state index >= 15 is 0 Å². The van der Waals surface area contributed by atoms with Gasteiger partial charge in [0.15, 0.2) is 0 Å². The summed E-state index contributed by atoms with van der Waals surface area (Å²) in [5, 5.41) is 0.472. The van der Waals surface area contributed by atoms with Crippen molar-refractivity contribution in [1.29, 1.82) is 0 Å². The molecule has 0 fully saturated rings. The molecule has 166 valence electrons. The van der Waals surface area contributed by atoms with Gasteiger partial charge < -0.3 is 4.74 Å². The van der Waals surface area contributed by atoms with E-state index in [0.29, 0.717) is 10.9 Å². The van der Waals surface area contributed by atoms with Crippen LogP contribution in [0.4, 0.5) is 17.6 Å². The van der Waals surface area contributed by atoms with Crippen LogP contribution in [0.25, 0.3) is 10.9 Å². The van der Waals surface area contributed by atoms with Gasteiger partial charge in [-0.3, -0.25) is 4.90 Å². The smallest absolute Gasteiger partial charge is 0.458 e. The molecule has 0 atom stereocenters. The van der Waals surface area contributed by atoms with Gasteiger partial charge in [-0.15, -0.1) is 0 Å². The summed E-state index contributed by atoms with van der Waals surface area (Å²) in [7, 11) is -2.40. The van der Waals surface area contributed by atoms with Crippen molar-refractivity contribution in [3.63, 3.8) is 0 Å². The molecule has 0 aliphatic rings. The minimum Gasteiger partial charge on any atom is -0.458 e. The largest absolute Gasteiger partial charge is 0.490 e. The molecular weight excluding hydrogens is 440 g/mol. The molecule has 0 unspecified atom stereocenters. The van der Waals surface area contributed by atoms with Crippen LogP contribution in [-0.2, 0) is 26.1 Å². The Hall–Kier alpha value is -2.92. The lowest BCUT2D eigenvalue weighted by atomic mass is 10.1.